The van der Waals surface area contributed by atoms with Crippen LogP contribution in [0.2, 0.25) is 0 Å². The molecule has 3 aromatic rings. The molecule has 0 aliphatic heterocycles. The Morgan fingerprint density at radius 3 is 2.91 bits per heavy atom. The van der Waals surface area contributed by atoms with E-state index in [1.807, 2.05) is 29.0 Å². The number of hydrogen-bond donors (Lipinski definition) is 1. The highest BCUT2D eigenvalue weighted by Crippen LogP contribution is 2.15. The normalized spacial score (nSPS) is 11.0. The maximum atomic E-state index is 12.1. The summed E-state index contributed by atoms with van der Waals surface area (Å²) in [4.78, 5) is 17.8. The van der Waals surface area contributed by atoms with E-state index in [0.29, 0.717) is 13.0 Å². The lowest BCUT2D eigenvalue weighted by molar-refractivity contribution is -0.116. The number of carbonyl (C=O) groups excluding carboxylic acids is 1. The standard InChI is InChI=1S/C15H18N6O/c1-3-14-16-7-9-21(14)8-6-15(22)17-11-4-5-12-13(10-11)19-20(2)18-12/h4-5,7,9-10H,3,6,8H2,1-2H3,(H,17,22). The fourth-order valence-electron chi connectivity index (χ4n) is 2.40. The molecule has 3 rings (SSSR count). The molecule has 22 heavy (non-hydrogen) atoms. The van der Waals surface area contributed by atoms with Gasteiger partial charge in [0.05, 0.1) is 0 Å². The highest BCUT2D eigenvalue weighted by Gasteiger charge is 2.07. The van der Waals surface area contributed by atoms with Gasteiger partial charge in [0.15, 0.2) is 0 Å². The molecule has 0 aliphatic carbocycles. The van der Waals surface area contributed by atoms with Crippen molar-refractivity contribution in [1.29, 1.82) is 0 Å². The van der Waals surface area contributed by atoms with Crippen molar-refractivity contribution in [2.24, 2.45) is 7.05 Å². The summed E-state index contributed by atoms with van der Waals surface area (Å²) in [6, 6.07) is 5.52. The van der Waals surface area contributed by atoms with Crippen molar-refractivity contribution in [3.8, 4) is 0 Å². The summed E-state index contributed by atoms with van der Waals surface area (Å²) in [5.41, 5.74) is 2.31. The van der Waals surface area contributed by atoms with Crippen molar-refractivity contribution in [3.05, 3.63) is 36.4 Å². The Morgan fingerprint density at radius 1 is 1.27 bits per heavy atom. The van der Waals surface area contributed by atoms with E-state index in [1.54, 1.807) is 13.2 Å². The third-order valence-corrected chi connectivity index (χ3v) is 3.46. The van der Waals surface area contributed by atoms with E-state index in [-0.39, 0.29) is 5.91 Å². The van der Waals surface area contributed by atoms with E-state index in [2.05, 4.69) is 27.4 Å². The van der Waals surface area contributed by atoms with E-state index in [4.69, 9.17) is 0 Å². The number of imidazole rings is 1. The Kier molecular flexibility index (Phi) is 3.86. The molecule has 1 amide bonds. The van der Waals surface area contributed by atoms with E-state index in [9.17, 15) is 4.79 Å². The second-order valence-electron chi connectivity index (χ2n) is 5.08. The molecular formula is C15H18N6O. The third kappa shape index (κ3) is 2.98. The predicted octanol–water partition coefficient (Wildman–Crippen LogP) is 1.76. The zero-order valence-electron chi connectivity index (χ0n) is 12.7. The van der Waals surface area contributed by atoms with Gasteiger partial charge in [0.2, 0.25) is 5.91 Å². The summed E-state index contributed by atoms with van der Waals surface area (Å²) in [5.74, 6) is 0.966. The number of aromatic nitrogens is 5. The smallest absolute Gasteiger partial charge is 0.226 e. The van der Waals surface area contributed by atoms with Crippen molar-refractivity contribution >= 4 is 22.6 Å². The van der Waals surface area contributed by atoms with Gasteiger partial charge >= 0.3 is 0 Å². The molecular weight excluding hydrogens is 280 g/mol. The monoisotopic (exact) mass is 298 g/mol. The van der Waals surface area contributed by atoms with E-state index in [1.165, 1.54) is 4.80 Å². The van der Waals surface area contributed by atoms with Crippen molar-refractivity contribution in [1.82, 2.24) is 24.5 Å². The first kappa shape index (κ1) is 14.2. The first-order valence-electron chi connectivity index (χ1n) is 7.26. The van der Waals surface area contributed by atoms with Gasteiger partial charge in [-0.05, 0) is 18.2 Å². The first-order valence-corrected chi connectivity index (χ1v) is 7.26. The SMILES string of the molecule is CCc1nccn1CCC(=O)Nc1ccc2nn(C)nc2c1. The number of amides is 1. The quantitative estimate of drug-likeness (QED) is 0.778. The fraction of sp³-hybridized carbons (Fsp3) is 0.333. The number of fused-ring (bicyclic) bond motifs is 1. The number of nitrogens with one attached hydrogen (secondary N) is 1. The molecule has 0 fully saturated rings. The van der Waals surface area contributed by atoms with Gasteiger partial charge in [-0.1, -0.05) is 6.92 Å². The summed E-state index contributed by atoms with van der Waals surface area (Å²) in [6.45, 7) is 2.68. The summed E-state index contributed by atoms with van der Waals surface area (Å²) < 4.78 is 2.01. The second-order valence-corrected chi connectivity index (χ2v) is 5.08. The lowest BCUT2D eigenvalue weighted by Crippen LogP contribution is -2.15. The summed E-state index contributed by atoms with van der Waals surface area (Å²) in [7, 11) is 1.77. The Bertz CT molecular complexity index is 803. The Hall–Kier alpha value is -2.70. The van der Waals surface area contributed by atoms with Gasteiger partial charge in [-0.3, -0.25) is 4.79 Å². The van der Waals surface area contributed by atoms with Crippen molar-refractivity contribution in [2.75, 3.05) is 5.32 Å². The van der Waals surface area contributed by atoms with E-state index in [0.717, 1.165) is 29.0 Å². The fourth-order valence-corrected chi connectivity index (χ4v) is 2.40. The molecule has 0 spiro atoms. The molecule has 0 unspecified atom stereocenters. The number of anilines is 1. The van der Waals surface area contributed by atoms with Gasteiger partial charge < -0.3 is 9.88 Å². The van der Waals surface area contributed by atoms with Gasteiger partial charge in [0.25, 0.3) is 0 Å². The molecule has 0 aliphatic rings. The number of hydrogen-bond acceptors (Lipinski definition) is 4. The van der Waals surface area contributed by atoms with Crippen LogP contribution in [0.4, 0.5) is 5.69 Å². The van der Waals surface area contributed by atoms with Crippen LogP contribution in [-0.4, -0.2) is 30.5 Å². The molecule has 0 saturated carbocycles. The molecule has 2 aromatic heterocycles. The van der Waals surface area contributed by atoms with Gasteiger partial charge in [-0.15, -0.1) is 0 Å². The van der Waals surface area contributed by atoms with Crippen LogP contribution in [0.25, 0.3) is 11.0 Å². The van der Waals surface area contributed by atoms with Crippen LogP contribution in [0, 0.1) is 0 Å². The topological polar surface area (TPSA) is 77.6 Å². The average Bonchev–Trinajstić information content (AvgIpc) is 3.09. The molecule has 0 saturated heterocycles. The maximum Gasteiger partial charge on any atom is 0.226 e. The second kappa shape index (κ2) is 5.97. The lowest BCUT2D eigenvalue weighted by Gasteiger charge is -2.07. The highest BCUT2D eigenvalue weighted by atomic mass is 16.1. The molecule has 7 heteroatoms. The maximum absolute atomic E-state index is 12.1. The Labute approximate surface area is 128 Å². The molecule has 0 bridgehead atoms. The Balaban J connectivity index is 1.62. The minimum absolute atomic E-state index is 0.0287. The van der Waals surface area contributed by atoms with Crippen LogP contribution in [0.1, 0.15) is 19.2 Å². The van der Waals surface area contributed by atoms with Crippen LogP contribution in [0.15, 0.2) is 30.6 Å². The van der Waals surface area contributed by atoms with Crippen LogP contribution in [-0.2, 0) is 24.8 Å². The Morgan fingerprint density at radius 2 is 2.09 bits per heavy atom. The van der Waals surface area contributed by atoms with Gasteiger partial charge in [0.1, 0.15) is 16.9 Å². The number of benzene rings is 1. The van der Waals surface area contributed by atoms with Crippen LogP contribution >= 0.6 is 0 Å². The van der Waals surface area contributed by atoms with Crippen molar-refractivity contribution in [3.63, 3.8) is 0 Å². The molecule has 7 nitrogen and oxygen atoms in total. The zero-order chi connectivity index (χ0) is 15.5. The number of nitrogens with zero attached hydrogens (tertiary/aromatic N) is 5. The first-order chi connectivity index (χ1) is 10.7. The van der Waals surface area contributed by atoms with Crippen LogP contribution < -0.4 is 5.32 Å². The number of aryl methyl sites for hydroxylation is 3. The molecule has 2 heterocycles. The largest absolute Gasteiger partial charge is 0.334 e. The van der Waals surface area contributed by atoms with E-state index >= 15 is 0 Å². The van der Waals surface area contributed by atoms with Crippen molar-refractivity contribution in [2.45, 2.75) is 26.3 Å². The number of rotatable bonds is 5. The van der Waals surface area contributed by atoms with Gasteiger partial charge in [0, 0.05) is 44.5 Å². The molecule has 1 aromatic carbocycles. The van der Waals surface area contributed by atoms with E-state index < -0.39 is 0 Å². The van der Waals surface area contributed by atoms with Crippen LogP contribution in [0.5, 0.6) is 0 Å². The lowest BCUT2D eigenvalue weighted by atomic mass is 10.2. The van der Waals surface area contributed by atoms with Crippen LogP contribution in [0.3, 0.4) is 0 Å². The van der Waals surface area contributed by atoms with Crippen molar-refractivity contribution < 1.29 is 4.79 Å². The summed E-state index contributed by atoms with van der Waals surface area (Å²) >= 11 is 0. The van der Waals surface area contributed by atoms with Gasteiger partial charge in [-0.25, -0.2) is 4.98 Å². The van der Waals surface area contributed by atoms with Gasteiger partial charge in [-0.2, -0.15) is 15.0 Å². The zero-order valence-corrected chi connectivity index (χ0v) is 12.7. The highest BCUT2D eigenvalue weighted by molar-refractivity contribution is 5.92. The third-order valence-electron chi connectivity index (χ3n) is 3.46. The summed E-state index contributed by atoms with van der Waals surface area (Å²) in [6.07, 6.45) is 4.93. The minimum atomic E-state index is -0.0287. The minimum Gasteiger partial charge on any atom is -0.334 e. The predicted molar refractivity (Wildman–Crippen MR) is 83.4 cm³/mol. The molecule has 0 atom stereocenters. The summed E-state index contributed by atoms with van der Waals surface area (Å²) in [5, 5.41) is 11.3. The number of carbonyl (C=O) groups is 1. The molecule has 114 valence electrons. The average molecular weight is 298 g/mol. The molecule has 0 radical (unpaired) electrons. The molecule has 1 N–H and O–H groups in total.